The SMILES string of the molecule is CC(C)C1CC(c2ccccc2)(c2ccccc2)CN1. The highest BCUT2D eigenvalue weighted by atomic mass is 15.0. The van der Waals surface area contributed by atoms with Gasteiger partial charge in [0.2, 0.25) is 0 Å². The molecule has 0 bridgehead atoms. The molecule has 1 aliphatic rings. The van der Waals surface area contributed by atoms with E-state index >= 15 is 0 Å². The van der Waals surface area contributed by atoms with E-state index in [2.05, 4.69) is 79.8 Å². The van der Waals surface area contributed by atoms with Crippen molar-refractivity contribution in [1.29, 1.82) is 0 Å². The van der Waals surface area contributed by atoms with Gasteiger partial charge in [0.25, 0.3) is 0 Å². The minimum absolute atomic E-state index is 0.122. The molecule has 0 aromatic heterocycles. The third kappa shape index (κ3) is 2.27. The third-order valence-corrected chi connectivity index (χ3v) is 4.69. The van der Waals surface area contributed by atoms with Crippen molar-refractivity contribution in [2.75, 3.05) is 6.54 Å². The summed E-state index contributed by atoms with van der Waals surface area (Å²) in [5, 5.41) is 3.74. The van der Waals surface area contributed by atoms with Crippen molar-refractivity contribution >= 4 is 0 Å². The molecule has 20 heavy (non-hydrogen) atoms. The molecule has 2 aromatic carbocycles. The molecular weight excluding hydrogens is 242 g/mol. The molecule has 0 spiro atoms. The standard InChI is InChI=1S/C19H23N/c1-15(2)18-13-19(14-20-18,16-9-5-3-6-10-16)17-11-7-4-8-12-17/h3-12,15,18,20H,13-14H2,1-2H3. The average molecular weight is 265 g/mol. The summed E-state index contributed by atoms with van der Waals surface area (Å²) in [6.45, 7) is 5.65. The van der Waals surface area contributed by atoms with Gasteiger partial charge >= 0.3 is 0 Å². The second kappa shape index (κ2) is 5.41. The van der Waals surface area contributed by atoms with Crippen LogP contribution in [0.15, 0.2) is 60.7 Å². The van der Waals surface area contributed by atoms with Crippen molar-refractivity contribution in [3.8, 4) is 0 Å². The van der Waals surface area contributed by atoms with Crippen molar-refractivity contribution in [2.45, 2.75) is 31.7 Å². The Hall–Kier alpha value is -1.60. The lowest BCUT2D eigenvalue weighted by molar-refractivity contribution is 0.436. The molecule has 0 aliphatic carbocycles. The van der Waals surface area contributed by atoms with Gasteiger partial charge in [-0.15, -0.1) is 0 Å². The molecule has 2 aromatic rings. The lowest BCUT2D eigenvalue weighted by Crippen LogP contribution is -2.30. The van der Waals surface area contributed by atoms with Crippen LogP contribution in [0.25, 0.3) is 0 Å². The zero-order valence-electron chi connectivity index (χ0n) is 12.3. The summed E-state index contributed by atoms with van der Waals surface area (Å²) < 4.78 is 0. The molecule has 1 fully saturated rings. The van der Waals surface area contributed by atoms with E-state index in [-0.39, 0.29) is 5.41 Å². The first-order valence-electron chi connectivity index (χ1n) is 7.57. The highest BCUT2D eigenvalue weighted by molar-refractivity contribution is 5.41. The highest BCUT2D eigenvalue weighted by Crippen LogP contribution is 2.41. The van der Waals surface area contributed by atoms with Crippen molar-refractivity contribution in [3.63, 3.8) is 0 Å². The first-order chi connectivity index (χ1) is 9.72. The number of rotatable bonds is 3. The topological polar surface area (TPSA) is 12.0 Å². The minimum Gasteiger partial charge on any atom is -0.312 e. The van der Waals surface area contributed by atoms with E-state index in [9.17, 15) is 0 Å². The Kier molecular flexibility index (Phi) is 3.62. The van der Waals surface area contributed by atoms with Crippen LogP contribution < -0.4 is 5.32 Å². The van der Waals surface area contributed by atoms with Gasteiger partial charge in [-0.3, -0.25) is 0 Å². The van der Waals surface area contributed by atoms with E-state index in [1.165, 1.54) is 17.5 Å². The monoisotopic (exact) mass is 265 g/mol. The Balaban J connectivity index is 2.06. The predicted molar refractivity (Wildman–Crippen MR) is 84.9 cm³/mol. The normalized spacial score (nSPS) is 21.2. The first-order valence-corrected chi connectivity index (χ1v) is 7.57. The maximum Gasteiger partial charge on any atom is 0.0342 e. The van der Waals surface area contributed by atoms with E-state index < -0.39 is 0 Å². The Morgan fingerprint density at radius 1 is 0.900 bits per heavy atom. The third-order valence-electron chi connectivity index (χ3n) is 4.69. The first kappa shape index (κ1) is 13.4. The maximum absolute atomic E-state index is 3.74. The van der Waals surface area contributed by atoms with E-state index in [0.29, 0.717) is 12.0 Å². The average Bonchev–Trinajstić information content (AvgIpc) is 2.96. The van der Waals surface area contributed by atoms with Gasteiger partial charge in [-0.1, -0.05) is 74.5 Å². The lowest BCUT2D eigenvalue weighted by Gasteiger charge is -2.30. The second-order valence-corrected chi connectivity index (χ2v) is 6.25. The minimum atomic E-state index is 0.122. The summed E-state index contributed by atoms with van der Waals surface area (Å²) >= 11 is 0. The van der Waals surface area contributed by atoms with E-state index in [4.69, 9.17) is 0 Å². The van der Waals surface area contributed by atoms with Crippen LogP contribution in [0.5, 0.6) is 0 Å². The number of benzene rings is 2. The van der Waals surface area contributed by atoms with Gasteiger partial charge in [0, 0.05) is 18.0 Å². The summed E-state index contributed by atoms with van der Waals surface area (Å²) in [5.74, 6) is 0.671. The molecule has 1 aliphatic heterocycles. The molecule has 1 N–H and O–H groups in total. The lowest BCUT2D eigenvalue weighted by atomic mass is 9.72. The summed E-state index contributed by atoms with van der Waals surface area (Å²) in [5.41, 5.74) is 2.99. The van der Waals surface area contributed by atoms with Gasteiger partial charge < -0.3 is 5.32 Å². The number of nitrogens with one attached hydrogen (secondary N) is 1. The molecule has 3 rings (SSSR count). The second-order valence-electron chi connectivity index (χ2n) is 6.25. The predicted octanol–water partition coefficient (Wildman–Crippen LogP) is 3.99. The van der Waals surface area contributed by atoms with Gasteiger partial charge in [0.15, 0.2) is 0 Å². The van der Waals surface area contributed by atoms with Crippen LogP contribution >= 0.6 is 0 Å². The fraction of sp³-hybridized carbons (Fsp3) is 0.368. The van der Waals surface area contributed by atoms with Crippen molar-refractivity contribution in [1.82, 2.24) is 5.32 Å². The molecule has 1 atom stereocenters. The molecule has 104 valence electrons. The van der Waals surface area contributed by atoms with Crippen LogP contribution in [0.4, 0.5) is 0 Å². The van der Waals surface area contributed by atoms with Crippen molar-refractivity contribution in [2.24, 2.45) is 5.92 Å². The number of hydrogen-bond donors (Lipinski definition) is 1. The summed E-state index contributed by atoms with van der Waals surface area (Å²) in [7, 11) is 0. The number of hydrogen-bond acceptors (Lipinski definition) is 1. The zero-order valence-corrected chi connectivity index (χ0v) is 12.3. The zero-order chi connectivity index (χ0) is 14.0. The molecule has 0 amide bonds. The van der Waals surface area contributed by atoms with Gasteiger partial charge in [-0.2, -0.15) is 0 Å². The Morgan fingerprint density at radius 3 is 1.80 bits per heavy atom. The van der Waals surface area contributed by atoms with Crippen LogP contribution in [0, 0.1) is 5.92 Å². The maximum atomic E-state index is 3.74. The molecule has 0 radical (unpaired) electrons. The van der Waals surface area contributed by atoms with E-state index in [0.717, 1.165) is 6.54 Å². The highest BCUT2D eigenvalue weighted by Gasteiger charge is 2.42. The summed E-state index contributed by atoms with van der Waals surface area (Å²) in [6, 6.07) is 22.5. The van der Waals surface area contributed by atoms with E-state index in [1.807, 2.05) is 0 Å². The van der Waals surface area contributed by atoms with Crippen molar-refractivity contribution in [3.05, 3.63) is 71.8 Å². The van der Waals surface area contributed by atoms with Crippen LogP contribution in [0.1, 0.15) is 31.4 Å². The van der Waals surface area contributed by atoms with Crippen LogP contribution in [-0.2, 0) is 5.41 Å². The van der Waals surface area contributed by atoms with Gasteiger partial charge in [0.1, 0.15) is 0 Å². The van der Waals surface area contributed by atoms with Gasteiger partial charge in [-0.05, 0) is 23.5 Å². The van der Waals surface area contributed by atoms with Crippen LogP contribution in [-0.4, -0.2) is 12.6 Å². The fourth-order valence-electron chi connectivity index (χ4n) is 3.42. The Labute approximate surface area is 122 Å². The molecule has 1 nitrogen and oxygen atoms in total. The molecule has 1 heteroatoms. The molecule has 1 saturated heterocycles. The van der Waals surface area contributed by atoms with Crippen LogP contribution in [0.3, 0.4) is 0 Å². The van der Waals surface area contributed by atoms with E-state index in [1.54, 1.807) is 0 Å². The Morgan fingerprint density at radius 2 is 1.40 bits per heavy atom. The molecule has 0 saturated carbocycles. The summed E-state index contributed by atoms with van der Waals surface area (Å²) in [6.07, 6.45) is 1.18. The Bertz CT molecular complexity index is 505. The molecule has 1 heterocycles. The smallest absolute Gasteiger partial charge is 0.0342 e. The molecular formula is C19H23N. The molecule has 1 unspecified atom stereocenters. The van der Waals surface area contributed by atoms with Crippen molar-refractivity contribution < 1.29 is 0 Å². The van der Waals surface area contributed by atoms with Crippen LogP contribution in [0.2, 0.25) is 0 Å². The quantitative estimate of drug-likeness (QED) is 0.885. The summed E-state index contributed by atoms with van der Waals surface area (Å²) in [4.78, 5) is 0. The fourth-order valence-corrected chi connectivity index (χ4v) is 3.42. The van der Waals surface area contributed by atoms with Gasteiger partial charge in [-0.25, -0.2) is 0 Å². The van der Waals surface area contributed by atoms with Gasteiger partial charge in [0.05, 0.1) is 0 Å². The largest absolute Gasteiger partial charge is 0.312 e.